The van der Waals surface area contributed by atoms with Gasteiger partial charge in [0.05, 0.1) is 5.92 Å². The number of Topliss-reactive ketones (excluding diaryl/α,β-unsaturated/α-hetero) is 1. The van der Waals surface area contributed by atoms with Crippen LogP contribution in [0.2, 0.25) is 0 Å². The van der Waals surface area contributed by atoms with E-state index in [4.69, 9.17) is 9.78 Å². The number of allylic oxidation sites excluding steroid dienone is 2. The molecule has 0 N–H and O–H groups in total. The molecule has 5 atom stereocenters. The lowest BCUT2D eigenvalue weighted by Crippen LogP contribution is -2.58. The van der Waals surface area contributed by atoms with E-state index in [1.54, 1.807) is 6.08 Å². The SMILES string of the molecule is C[C@H]1C=CC(=O)[C@H]2CC(=O)[C@H]3[C@H](OOC3(C)C)[C@@]21C. The van der Waals surface area contributed by atoms with Gasteiger partial charge in [0.25, 0.3) is 0 Å². The van der Waals surface area contributed by atoms with E-state index in [9.17, 15) is 9.59 Å². The molecule has 0 spiro atoms. The summed E-state index contributed by atoms with van der Waals surface area (Å²) in [5.74, 6) is -0.242. The van der Waals surface area contributed by atoms with Gasteiger partial charge in [-0.1, -0.05) is 19.9 Å². The van der Waals surface area contributed by atoms with Gasteiger partial charge in [0.15, 0.2) is 5.78 Å². The molecule has 0 radical (unpaired) electrons. The van der Waals surface area contributed by atoms with Crippen molar-refractivity contribution in [3.63, 3.8) is 0 Å². The average molecular weight is 264 g/mol. The highest BCUT2D eigenvalue weighted by molar-refractivity contribution is 5.98. The molecule has 3 rings (SSSR count). The van der Waals surface area contributed by atoms with Gasteiger partial charge in [0.2, 0.25) is 0 Å². The first-order valence-electron chi connectivity index (χ1n) is 6.87. The first-order valence-corrected chi connectivity index (χ1v) is 6.87. The third-order valence-electron chi connectivity index (χ3n) is 5.41. The molecule has 2 aliphatic carbocycles. The first kappa shape index (κ1) is 13.0. The molecule has 1 saturated carbocycles. The predicted molar refractivity (Wildman–Crippen MR) is 68.1 cm³/mol. The highest BCUT2D eigenvalue weighted by Crippen LogP contribution is 2.56. The molecule has 0 aromatic carbocycles. The Hall–Kier alpha value is -1.00. The molecule has 4 nitrogen and oxygen atoms in total. The van der Waals surface area contributed by atoms with Crippen LogP contribution in [0.15, 0.2) is 12.2 Å². The van der Waals surface area contributed by atoms with E-state index < -0.39 is 5.60 Å². The number of ketones is 2. The van der Waals surface area contributed by atoms with Crippen molar-refractivity contribution in [3.05, 3.63) is 12.2 Å². The molecule has 3 aliphatic rings. The maximum Gasteiger partial charge on any atom is 0.159 e. The van der Waals surface area contributed by atoms with Gasteiger partial charge in [0, 0.05) is 17.8 Å². The average Bonchev–Trinajstić information content (AvgIpc) is 2.66. The summed E-state index contributed by atoms with van der Waals surface area (Å²) in [5, 5.41) is 0. The van der Waals surface area contributed by atoms with Crippen molar-refractivity contribution in [1.82, 2.24) is 0 Å². The number of rotatable bonds is 0. The van der Waals surface area contributed by atoms with Crippen LogP contribution >= 0.6 is 0 Å². The topological polar surface area (TPSA) is 52.6 Å². The van der Waals surface area contributed by atoms with Crippen molar-refractivity contribution in [3.8, 4) is 0 Å². The van der Waals surface area contributed by atoms with E-state index in [0.717, 1.165) is 0 Å². The zero-order chi connectivity index (χ0) is 14.0. The Morgan fingerprint density at radius 2 is 1.95 bits per heavy atom. The molecule has 1 heterocycles. The summed E-state index contributed by atoms with van der Waals surface area (Å²) in [6.07, 6.45) is 3.52. The summed E-state index contributed by atoms with van der Waals surface area (Å²) >= 11 is 0. The molecule has 4 heteroatoms. The van der Waals surface area contributed by atoms with Crippen molar-refractivity contribution >= 4 is 11.6 Å². The van der Waals surface area contributed by atoms with E-state index in [1.165, 1.54) is 0 Å². The van der Waals surface area contributed by atoms with Crippen LogP contribution in [0.4, 0.5) is 0 Å². The lowest BCUT2D eigenvalue weighted by atomic mass is 9.52. The van der Waals surface area contributed by atoms with E-state index in [-0.39, 0.29) is 40.8 Å². The van der Waals surface area contributed by atoms with Crippen LogP contribution in [0.3, 0.4) is 0 Å². The first-order chi connectivity index (χ1) is 8.78. The third-order valence-corrected chi connectivity index (χ3v) is 5.41. The molecule has 19 heavy (non-hydrogen) atoms. The van der Waals surface area contributed by atoms with Crippen LogP contribution in [0.5, 0.6) is 0 Å². The Kier molecular flexibility index (Phi) is 2.58. The molecule has 1 aliphatic heterocycles. The van der Waals surface area contributed by atoms with Crippen LogP contribution in [0.25, 0.3) is 0 Å². The Labute approximate surface area is 113 Å². The van der Waals surface area contributed by atoms with Gasteiger partial charge >= 0.3 is 0 Å². The quantitative estimate of drug-likeness (QED) is 0.629. The van der Waals surface area contributed by atoms with Crippen LogP contribution in [0.1, 0.15) is 34.1 Å². The Balaban J connectivity index is 2.09. The third kappa shape index (κ3) is 1.53. The highest BCUT2D eigenvalue weighted by atomic mass is 17.2. The van der Waals surface area contributed by atoms with Gasteiger partial charge in [-0.25, -0.2) is 9.78 Å². The van der Waals surface area contributed by atoms with Crippen LogP contribution in [0, 0.1) is 23.2 Å². The van der Waals surface area contributed by atoms with Crippen molar-refractivity contribution in [2.45, 2.75) is 45.8 Å². The number of carbonyl (C=O) groups is 2. The predicted octanol–water partition coefficient (Wildman–Crippen LogP) is 2.08. The molecular weight excluding hydrogens is 244 g/mol. The van der Waals surface area contributed by atoms with Gasteiger partial charge in [0.1, 0.15) is 17.5 Å². The van der Waals surface area contributed by atoms with Crippen molar-refractivity contribution in [2.75, 3.05) is 0 Å². The van der Waals surface area contributed by atoms with Gasteiger partial charge in [-0.05, 0) is 25.8 Å². The second kappa shape index (κ2) is 3.76. The zero-order valence-electron chi connectivity index (χ0n) is 11.8. The minimum absolute atomic E-state index is 0.0423. The maximum absolute atomic E-state index is 12.4. The fraction of sp³-hybridized carbons (Fsp3) is 0.733. The zero-order valence-corrected chi connectivity index (χ0v) is 11.8. The number of hydrogen-bond donors (Lipinski definition) is 0. The van der Waals surface area contributed by atoms with Gasteiger partial charge in [-0.2, -0.15) is 0 Å². The van der Waals surface area contributed by atoms with Gasteiger partial charge < -0.3 is 0 Å². The summed E-state index contributed by atoms with van der Waals surface area (Å²) in [6, 6.07) is 0. The Morgan fingerprint density at radius 3 is 2.63 bits per heavy atom. The lowest BCUT2D eigenvalue weighted by Gasteiger charge is -2.50. The number of carbonyl (C=O) groups excluding carboxylic acids is 2. The fourth-order valence-corrected chi connectivity index (χ4v) is 3.96. The summed E-state index contributed by atoms with van der Waals surface area (Å²) in [4.78, 5) is 35.5. The lowest BCUT2D eigenvalue weighted by molar-refractivity contribution is -0.335. The largest absolute Gasteiger partial charge is 0.299 e. The van der Waals surface area contributed by atoms with E-state index >= 15 is 0 Å². The van der Waals surface area contributed by atoms with Crippen molar-refractivity contribution in [2.24, 2.45) is 23.2 Å². The molecule has 0 unspecified atom stereocenters. The molecule has 2 fully saturated rings. The molecule has 1 saturated heterocycles. The van der Waals surface area contributed by atoms with Crippen LogP contribution in [-0.2, 0) is 19.4 Å². The van der Waals surface area contributed by atoms with Gasteiger partial charge in [-0.15, -0.1) is 0 Å². The van der Waals surface area contributed by atoms with E-state index in [2.05, 4.69) is 13.8 Å². The smallest absolute Gasteiger partial charge is 0.159 e. The van der Waals surface area contributed by atoms with Crippen LogP contribution < -0.4 is 0 Å². The molecular formula is C15H20O4. The summed E-state index contributed by atoms with van der Waals surface area (Å²) in [6.45, 7) is 7.89. The Morgan fingerprint density at radius 1 is 1.26 bits per heavy atom. The monoisotopic (exact) mass is 264 g/mol. The normalized spacial score (nSPS) is 48.0. The van der Waals surface area contributed by atoms with Crippen LogP contribution in [-0.4, -0.2) is 23.3 Å². The molecule has 0 aromatic rings. The molecule has 0 amide bonds. The second-order valence-corrected chi connectivity index (χ2v) is 6.82. The van der Waals surface area contributed by atoms with Gasteiger partial charge in [-0.3, -0.25) is 9.59 Å². The molecule has 0 bridgehead atoms. The number of fused-ring (bicyclic) bond motifs is 3. The molecule has 104 valence electrons. The number of hydrogen-bond acceptors (Lipinski definition) is 4. The second-order valence-electron chi connectivity index (χ2n) is 6.82. The summed E-state index contributed by atoms with van der Waals surface area (Å²) < 4.78 is 0. The summed E-state index contributed by atoms with van der Waals surface area (Å²) in [7, 11) is 0. The highest BCUT2D eigenvalue weighted by Gasteiger charge is 2.65. The van der Waals surface area contributed by atoms with Crippen molar-refractivity contribution < 1.29 is 19.4 Å². The minimum Gasteiger partial charge on any atom is -0.299 e. The minimum atomic E-state index is -0.611. The standard InChI is InChI=1S/C15H20O4/c1-8-5-6-10(16)9-7-11(17)12-13(15(8,9)4)18-19-14(12,2)3/h5-6,8-9,12-13H,7H2,1-4H3/t8-,9+,12-,13-,15+/m0/s1. The molecule has 0 aromatic heterocycles. The maximum atomic E-state index is 12.4. The van der Waals surface area contributed by atoms with E-state index in [0.29, 0.717) is 6.42 Å². The Bertz CT molecular complexity index is 479. The van der Waals surface area contributed by atoms with E-state index in [1.807, 2.05) is 19.9 Å². The summed E-state index contributed by atoms with van der Waals surface area (Å²) in [5.41, 5.74) is -0.974. The van der Waals surface area contributed by atoms with Crippen molar-refractivity contribution in [1.29, 1.82) is 0 Å². The fourth-order valence-electron chi connectivity index (χ4n) is 3.96.